The molecule has 9 nitrogen and oxygen atoms in total. The van der Waals surface area contributed by atoms with Crippen molar-refractivity contribution in [3.8, 4) is 0 Å². The second-order valence-electron chi connectivity index (χ2n) is 4.51. The Bertz CT molecular complexity index is 653. The summed E-state index contributed by atoms with van der Waals surface area (Å²) in [7, 11) is 0. The summed E-state index contributed by atoms with van der Waals surface area (Å²) in [5.74, 6) is 0. The molecule has 0 aliphatic carbocycles. The maximum Gasteiger partial charge on any atom is 0.314 e. The summed E-state index contributed by atoms with van der Waals surface area (Å²) in [5, 5.41) is 22.7. The lowest BCUT2D eigenvalue weighted by Crippen LogP contribution is -2.38. The molecule has 0 aliphatic heterocycles. The Hall–Kier alpha value is -2.49. The molecule has 0 saturated heterocycles. The number of carbonyl (C=O) groups is 1. The Kier molecular flexibility index (Phi) is 5.42. The number of rotatable bonds is 7. The van der Waals surface area contributed by atoms with Gasteiger partial charge in [0, 0.05) is 24.9 Å². The Morgan fingerprint density at radius 3 is 2.86 bits per heavy atom. The number of aromatic nitrogens is 3. The Balaban J connectivity index is 1.62. The normalized spacial score (nSPS) is 10.4. The number of nitrogens with one attached hydrogen (secondary N) is 2. The minimum Gasteiger partial charge on any atom is -0.338 e. The number of amides is 2. The lowest BCUT2D eigenvalue weighted by molar-refractivity contribution is -0.385. The fourth-order valence-corrected chi connectivity index (χ4v) is 2.39. The van der Waals surface area contributed by atoms with Crippen LogP contribution in [0, 0.1) is 17.0 Å². The number of hydrogen-bond acceptors (Lipinski definition) is 6. The molecule has 0 atom stereocenters. The van der Waals surface area contributed by atoms with E-state index < -0.39 is 4.92 Å². The summed E-state index contributed by atoms with van der Waals surface area (Å²) in [5.41, 5.74) is 0.898. The topological polar surface area (TPSA) is 115 Å². The van der Waals surface area contributed by atoms with Gasteiger partial charge in [0.25, 0.3) is 0 Å². The van der Waals surface area contributed by atoms with Crippen molar-refractivity contribution in [1.82, 2.24) is 25.4 Å². The van der Waals surface area contributed by atoms with Crippen LogP contribution in [0.5, 0.6) is 0 Å². The second kappa shape index (κ2) is 7.50. The maximum absolute atomic E-state index is 11.6. The van der Waals surface area contributed by atoms with E-state index in [1.54, 1.807) is 11.3 Å². The molecule has 0 unspecified atom stereocenters. The smallest absolute Gasteiger partial charge is 0.314 e. The van der Waals surface area contributed by atoms with E-state index in [1.807, 2.05) is 12.3 Å². The van der Waals surface area contributed by atoms with Gasteiger partial charge in [-0.15, -0.1) is 11.3 Å². The molecule has 0 saturated carbocycles. The predicted octanol–water partition coefficient (Wildman–Crippen LogP) is 1.10. The highest BCUT2D eigenvalue weighted by atomic mass is 32.1. The summed E-state index contributed by atoms with van der Waals surface area (Å²) in [6, 6.07) is -0.284. The Morgan fingerprint density at radius 1 is 1.45 bits per heavy atom. The van der Waals surface area contributed by atoms with E-state index in [1.165, 1.54) is 17.1 Å². The van der Waals surface area contributed by atoms with Crippen LogP contribution in [0.25, 0.3) is 0 Å². The van der Waals surface area contributed by atoms with Gasteiger partial charge in [-0.3, -0.25) is 14.8 Å². The number of thiazole rings is 1. The minimum atomic E-state index is -0.510. The fourth-order valence-electron chi connectivity index (χ4n) is 1.74. The standard InChI is InChI=1S/C12H16N6O3S/c1-9-16-10(8-22-9)2-3-13-12(19)14-4-5-17-7-11(6-15-17)18(20)21/h6-8H,2-5H2,1H3,(H2,13,14,19). The van der Waals surface area contributed by atoms with Crippen LogP contribution in [0.15, 0.2) is 17.8 Å². The average Bonchev–Trinajstić information content (AvgIpc) is 3.08. The third kappa shape index (κ3) is 4.81. The van der Waals surface area contributed by atoms with Crippen LogP contribution in [0.1, 0.15) is 10.7 Å². The van der Waals surface area contributed by atoms with Gasteiger partial charge in [-0.05, 0) is 6.92 Å². The highest BCUT2D eigenvalue weighted by molar-refractivity contribution is 7.09. The number of aryl methyl sites for hydroxylation is 1. The number of carbonyl (C=O) groups excluding carboxylic acids is 1. The molecular formula is C12H16N6O3S. The molecule has 0 bridgehead atoms. The molecule has 0 fully saturated rings. The van der Waals surface area contributed by atoms with Crippen LogP contribution in [0.2, 0.25) is 0 Å². The van der Waals surface area contributed by atoms with Gasteiger partial charge in [-0.1, -0.05) is 0 Å². The highest BCUT2D eigenvalue weighted by Crippen LogP contribution is 2.08. The van der Waals surface area contributed by atoms with Crippen molar-refractivity contribution in [2.45, 2.75) is 19.9 Å². The molecule has 0 aromatic carbocycles. The zero-order valence-electron chi connectivity index (χ0n) is 12.0. The molecule has 0 spiro atoms. The van der Waals surface area contributed by atoms with Gasteiger partial charge in [0.15, 0.2) is 0 Å². The van der Waals surface area contributed by atoms with E-state index >= 15 is 0 Å². The molecule has 118 valence electrons. The molecule has 0 radical (unpaired) electrons. The van der Waals surface area contributed by atoms with E-state index in [2.05, 4.69) is 20.7 Å². The SMILES string of the molecule is Cc1nc(CCNC(=O)NCCn2cc([N+](=O)[O-])cn2)cs1. The molecule has 2 aromatic rings. The van der Waals surface area contributed by atoms with Crippen molar-refractivity contribution in [3.05, 3.63) is 38.6 Å². The first kappa shape index (κ1) is 15.9. The fraction of sp³-hybridized carbons (Fsp3) is 0.417. The van der Waals surface area contributed by atoms with E-state index in [0.29, 0.717) is 26.1 Å². The van der Waals surface area contributed by atoms with E-state index in [-0.39, 0.29) is 11.7 Å². The number of nitro groups is 1. The molecule has 22 heavy (non-hydrogen) atoms. The average molecular weight is 324 g/mol. The van der Waals surface area contributed by atoms with Crippen LogP contribution in [0.3, 0.4) is 0 Å². The maximum atomic E-state index is 11.6. The van der Waals surface area contributed by atoms with Gasteiger partial charge < -0.3 is 10.6 Å². The predicted molar refractivity (Wildman–Crippen MR) is 80.8 cm³/mol. The van der Waals surface area contributed by atoms with Crippen molar-refractivity contribution >= 4 is 23.1 Å². The summed E-state index contributed by atoms with van der Waals surface area (Å²) >= 11 is 1.58. The van der Waals surface area contributed by atoms with E-state index in [0.717, 1.165) is 10.7 Å². The zero-order valence-corrected chi connectivity index (χ0v) is 12.8. The van der Waals surface area contributed by atoms with Gasteiger partial charge in [-0.25, -0.2) is 9.78 Å². The molecular weight excluding hydrogens is 308 g/mol. The van der Waals surface area contributed by atoms with Crippen molar-refractivity contribution < 1.29 is 9.72 Å². The van der Waals surface area contributed by atoms with Crippen molar-refractivity contribution in [3.63, 3.8) is 0 Å². The number of hydrogen-bond donors (Lipinski definition) is 2. The first-order chi connectivity index (χ1) is 10.5. The zero-order chi connectivity index (χ0) is 15.9. The Morgan fingerprint density at radius 2 is 2.23 bits per heavy atom. The quantitative estimate of drug-likeness (QED) is 0.584. The minimum absolute atomic E-state index is 0.0667. The summed E-state index contributed by atoms with van der Waals surface area (Å²) in [4.78, 5) is 25.9. The van der Waals surface area contributed by atoms with Gasteiger partial charge in [0.05, 0.1) is 22.2 Å². The molecule has 10 heteroatoms. The monoisotopic (exact) mass is 324 g/mol. The summed E-state index contributed by atoms with van der Waals surface area (Å²) in [6.45, 7) is 3.14. The number of urea groups is 1. The second-order valence-corrected chi connectivity index (χ2v) is 5.57. The van der Waals surface area contributed by atoms with Crippen LogP contribution < -0.4 is 10.6 Å². The van der Waals surface area contributed by atoms with Gasteiger partial charge >= 0.3 is 11.7 Å². The molecule has 0 aliphatic rings. The van der Waals surface area contributed by atoms with Gasteiger partial charge in [0.1, 0.15) is 12.4 Å². The third-order valence-electron chi connectivity index (χ3n) is 2.79. The highest BCUT2D eigenvalue weighted by Gasteiger charge is 2.08. The molecule has 2 aromatic heterocycles. The molecule has 2 N–H and O–H groups in total. The summed E-state index contributed by atoms with van der Waals surface area (Å²) < 4.78 is 1.41. The lowest BCUT2D eigenvalue weighted by atomic mass is 10.3. The first-order valence-electron chi connectivity index (χ1n) is 6.64. The largest absolute Gasteiger partial charge is 0.338 e. The van der Waals surface area contributed by atoms with Crippen LogP contribution in [0.4, 0.5) is 10.5 Å². The molecule has 2 rings (SSSR count). The van der Waals surface area contributed by atoms with Gasteiger partial charge in [0.2, 0.25) is 0 Å². The van der Waals surface area contributed by atoms with Crippen molar-refractivity contribution in [2.24, 2.45) is 0 Å². The lowest BCUT2D eigenvalue weighted by Gasteiger charge is -2.06. The van der Waals surface area contributed by atoms with Crippen molar-refractivity contribution in [2.75, 3.05) is 13.1 Å². The van der Waals surface area contributed by atoms with E-state index in [9.17, 15) is 14.9 Å². The van der Waals surface area contributed by atoms with Gasteiger partial charge in [-0.2, -0.15) is 5.10 Å². The third-order valence-corrected chi connectivity index (χ3v) is 3.61. The van der Waals surface area contributed by atoms with Crippen LogP contribution in [-0.4, -0.2) is 38.8 Å². The molecule has 2 heterocycles. The van der Waals surface area contributed by atoms with Crippen LogP contribution in [-0.2, 0) is 13.0 Å². The number of nitrogens with zero attached hydrogens (tertiary/aromatic N) is 4. The molecule has 2 amide bonds. The van der Waals surface area contributed by atoms with Crippen molar-refractivity contribution in [1.29, 1.82) is 0 Å². The Labute approximate surface area is 130 Å². The summed E-state index contributed by atoms with van der Waals surface area (Å²) in [6.07, 6.45) is 3.18. The first-order valence-corrected chi connectivity index (χ1v) is 7.52. The van der Waals surface area contributed by atoms with Crippen LogP contribution >= 0.6 is 11.3 Å². The van der Waals surface area contributed by atoms with E-state index in [4.69, 9.17) is 0 Å².